The Morgan fingerprint density at radius 2 is 2.09 bits per heavy atom. The number of amides is 1. The molecule has 4 nitrogen and oxygen atoms in total. The lowest BCUT2D eigenvalue weighted by molar-refractivity contribution is -0.143. The molecule has 0 radical (unpaired) electrons. The van der Waals surface area contributed by atoms with E-state index in [0.29, 0.717) is 6.54 Å². The van der Waals surface area contributed by atoms with Gasteiger partial charge in [0.25, 0.3) is 0 Å². The molecule has 124 valence electrons. The van der Waals surface area contributed by atoms with Gasteiger partial charge in [0.1, 0.15) is 5.82 Å². The van der Waals surface area contributed by atoms with Gasteiger partial charge in [0.05, 0.1) is 19.6 Å². The number of carbonyl (C=O) groups is 2. The van der Waals surface area contributed by atoms with Crippen molar-refractivity contribution in [3.05, 3.63) is 35.6 Å². The first-order valence-corrected chi connectivity index (χ1v) is 8.96. The van der Waals surface area contributed by atoms with Gasteiger partial charge in [0, 0.05) is 24.0 Å². The predicted octanol–water partition coefficient (Wildman–Crippen LogP) is 2.44. The van der Waals surface area contributed by atoms with E-state index in [-0.39, 0.29) is 42.0 Å². The van der Waals surface area contributed by atoms with Crippen LogP contribution in [0, 0.1) is 11.7 Å². The fourth-order valence-corrected chi connectivity index (χ4v) is 4.21. The van der Waals surface area contributed by atoms with Crippen LogP contribution >= 0.6 is 11.8 Å². The molecule has 6 heteroatoms. The molecule has 1 saturated heterocycles. The Morgan fingerprint density at radius 3 is 2.78 bits per heavy atom. The molecular formula is C17H20FNO3S. The van der Waals surface area contributed by atoms with Crippen molar-refractivity contribution in [1.29, 1.82) is 0 Å². The second-order valence-electron chi connectivity index (χ2n) is 6.04. The van der Waals surface area contributed by atoms with Gasteiger partial charge < -0.3 is 9.64 Å². The van der Waals surface area contributed by atoms with Gasteiger partial charge in [-0.1, -0.05) is 12.1 Å². The van der Waals surface area contributed by atoms with E-state index in [4.69, 9.17) is 4.74 Å². The third-order valence-corrected chi connectivity index (χ3v) is 5.64. The van der Waals surface area contributed by atoms with Crippen LogP contribution in [-0.4, -0.2) is 48.0 Å². The summed E-state index contributed by atoms with van der Waals surface area (Å²) in [5.41, 5.74) is 1.01. The first-order chi connectivity index (χ1) is 11.1. The number of halogens is 1. The van der Waals surface area contributed by atoms with E-state index in [0.717, 1.165) is 23.5 Å². The molecule has 1 aromatic carbocycles. The van der Waals surface area contributed by atoms with E-state index in [9.17, 15) is 14.0 Å². The summed E-state index contributed by atoms with van der Waals surface area (Å²) in [5.74, 6) is 1.39. The number of esters is 1. The first-order valence-electron chi connectivity index (χ1n) is 7.80. The molecule has 0 spiro atoms. The van der Waals surface area contributed by atoms with Crippen LogP contribution < -0.4 is 0 Å². The van der Waals surface area contributed by atoms with Crippen molar-refractivity contribution in [3.8, 4) is 0 Å². The molecule has 2 fully saturated rings. The highest BCUT2D eigenvalue weighted by atomic mass is 32.2. The summed E-state index contributed by atoms with van der Waals surface area (Å²) >= 11 is 1.76. The molecule has 1 heterocycles. The van der Waals surface area contributed by atoms with E-state index in [1.807, 2.05) is 4.90 Å². The predicted molar refractivity (Wildman–Crippen MR) is 86.7 cm³/mol. The van der Waals surface area contributed by atoms with Gasteiger partial charge in [-0.05, 0) is 30.0 Å². The molecule has 0 unspecified atom stereocenters. The summed E-state index contributed by atoms with van der Waals surface area (Å²) < 4.78 is 17.7. The SMILES string of the molecule is COC(=O)C[C@@H]1CSCCN1C(=O)[C@@H]1C[C@@H]1c1ccc(F)cc1. The number of hydrogen-bond acceptors (Lipinski definition) is 4. The van der Waals surface area contributed by atoms with Crippen LogP contribution in [0.2, 0.25) is 0 Å². The normalized spacial score (nSPS) is 26.7. The van der Waals surface area contributed by atoms with Crippen molar-refractivity contribution in [2.75, 3.05) is 25.2 Å². The fraction of sp³-hybridized carbons (Fsp3) is 0.529. The third-order valence-electron chi connectivity index (χ3n) is 4.55. The maximum absolute atomic E-state index is 13.0. The molecule has 0 N–H and O–H groups in total. The van der Waals surface area contributed by atoms with Crippen LogP contribution in [-0.2, 0) is 14.3 Å². The minimum atomic E-state index is -0.277. The number of ether oxygens (including phenoxy) is 1. The van der Waals surface area contributed by atoms with Crippen LogP contribution in [0.5, 0.6) is 0 Å². The highest BCUT2D eigenvalue weighted by Gasteiger charge is 2.47. The Balaban J connectivity index is 1.64. The van der Waals surface area contributed by atoms with Crippen LogP contribution in [0.25, 0.3) is 0 Å². The number of nitrogens with zero attached hydrogens (tertiary/aromatic N) is 1. The zero-order valence-electron chi connectivity index (χ0n) is 13.0. The second-order valence-corrected chi connectivity index (χ2v) is 7.19. The van der Waals surface area contributed by atoms with Crippen molar-refractivity contribution in [2.24, 2.45) is 5.92 Å². The number of benzene rings is 1. The Hall–Kier alpha value is -1.56. The number of hydrogen-bond donors (Lipinski definition) is 0. The summed E-state index contributed by atoms with van der Waals surface area (Å²) in [6, 6.07) is 6.30. The molecule has 1 saturated carbocycles. The van der Waals surface area contributed by atoms with E-state index >= 15 is 0 Å². The van der Waals surface area contributed by atoms with Crippen molar-refractivity contribution in [2.45, 2.75) is 24.8 Å². The third kappa shape index (κ3) is 3.68. The summed E-state index contributed by atoms with van der Waals surface area (Å²) in [6.07, 6.45) is 1.06. The molecule has 1 aliphatic heterocycles. The van der Waals surface area contributed by atoms with Gasteiger partial charge in [-0.25, -0.2) is 4.39 Å². The minimum Gasteiger partial charge on any atom is -0.469 e. The van der Waals surface area contributed by atoms with Crippen molar-refractivity contribution >= 4 is 23.6 Å². The highest BCUT2D eigenvalue weighted by molar-refractivity contribution is 7.99. The molecule has 1 amide bonds. The number of methoxy groups -OCH3 is 1. The molecule has 0 bridgehead atoms. The standard InChI is InChI=1S/C17H20FNO3S/c1-22-16(20)8-13-10-23-7-6-19(13)17(21)15-9-14(15)11-2-4-12(18)5-3-11/h2-5,13-15H,6-10H2,1H3/t13-,14-,15-/m1/s1. The Kier molecular flexibility index (Phi) is 4.90. The second kappa shape index (κ2) is 6.91. The van der Waals surface area contributed by atoms with Crippen LogP contribution in [0.3, 0.4) is 0 Å². The maximum atomic E-state index is 13.0. The zero-order valence-corrected chi connectivity index (χ0v) is 13.9. The maximum Gasteiger partial charge on any atom is 0.307 e. The van der Waals surface area contributed by atoms with Gasteiger partial charge >= 0.3 is 5.97 Å². The minimum absolute atomic E-state index is 0.0382. The number of rotatable bonds is 4. The smallest absolute Gasteiger partial charge is 0.307 e. The van der Waals surface area contributed by atoms with Crippen molar-refractivity contribution < 1.29 is 18.7 Å². The van der Waals surface area contributed by atoms with Gasteiger partial charge in [0.2, 0.25) is 5.91 Å². The monoisotopic (exact) mass is 337 g/mol. The summed E-state index contributed by atoms with van der Waals surface area (Å²) in [6.45, 7) is 0.678. The van der Waals surface area contributed by atoms with Gasteiger partial charge in [-0.2, -0.15) is 11.8 Å². The van der Waals surface area contributed by atoms with Crippen LogP contribution in [0.4, 0.5) is 4.39 Å². The largest absolute Gasteiger partial charge is 0.469 e. The molecule has 3 atom stereocenters. The Bertz CT molecular complexity index is 592. The lowest BCUT2D eigenvalue weighted by Gasteiger charge is -2.35. The summed E-state index contributed by atoms with van der Waals surface area (Å²) in [7, 11) is 1.37. The summed E-state index contributed by atoms with van der Waals surface area (Å²) in [5, 5.41) is 0. The van der Waals surface area contributed by atoms with E-state index in [2.05, 4.69) is 0 Å². The Morgan fingerprint density at radius 1 is 1.35 bits per heavy atom. The molecule has 1 aromatic rings. The van der Waals surface area contributed by atoms with Gasteiger partial charge in [0.15, 0.2) is 0 Å². The average Bonchev–Trinajstić information content (AvgIpc) is 3.36. The zero-order chi connectivity index (χ0) is 16.4. The molecule has 23 heavy (non-hydrogen) atoms. The number of carbonyl (C=O) groups excluding carboxylic acids is 2. The van der Waals surface area contributed by atoms with Crippen molar-refractivity contribution in [1.82, 2.24) is 4.90 Å². The number of thioether (sulfide) groups is 1. The average molecular weight is 337 g/mol. The molecule has 3 rings (SSSR count). The lowest BCUT2D eigenvalue weighted by Crippen LogP contribution is -2.48. The van der Waals surface area contributed by atoms with E-state index in [1.165, 1.54) is 19.2 Å². The quantitative estimate of drug-likeness (QED) is 0.792. The Labute approximate surface area is 139 Å². The lowest BCUT2D eigenvalue weighted by atomic mass is 10.1. The molecule has 2 aliphatic rings. The molecule has 1 aliphatic carbocycles. The highest BCUT2D eigenvalue weighted by Crippen LogP contribution is 2.49. The van der Waals surface area contributed by atoms with E-state index < -0.39 is 0 Å². The molecular weight excluding hydrogens is 317 g/mol. The van der Waals surface area contributed by atoms with Crippen molar-refractivity contribution in [3.63, 3.8) is 0 Å². The van der Waals surface area contributed by atoms with E-state index in [1.54, 1.807) is 23.9 Å². The molecule has 0 aromatic heterocycles. The first kappa shape index (κ1) is 16.3. The van der Waals surface area contributed by atoms with Gasteiger partial charge in [-0.15, -0.1) is 0 Å². The summed E-state index contributed by atoms with van der Waals surface area (Å²) in [4.78, 5) is 26.2. The fourth-order valence-electron chi connectivity index (χ4n) is 3.15. The van der Waals surface area contributed by atoms with Crippen LogP contribution in [0.15, 0.2) is 24.3 Å². The topological polar surface area (TPSA) is 46.6 Å². The van der Waals surface area contributed by atoms with Gasteiger partial charge in [-0.3, -0.25) is 9.59 Å². The van der Waals surface area contributed by atoms with Crippen LogP contribution in [0.1, 0.15) is 24.3 Å².